The molecule has 0 saturated heterocycles. The van der Waals surface area contributed by atoms with Crippen LogP contribution in [0.1, 0.15) is 49.4 Å². The third-order valence-corrected chi connectivity index (χ3v) is 4.24. The van der Waals surface area contributed by atoms with Crippen LogP contribution >= 0.6 is 0 Å². The fourth-order valence-corrected chi connectivity index (χ4v) is 2.80. The zero-order valence-corrected chi connectivity index (χ0v) is 14.0. The smallest absolute Gasteiger partial charge is 0.337 e. The first kappa shape index (κ1) is 17.8. The highest BCUT2D eigenvalue weighted by Gasteiger charge is 2.35. The highest BCUT2D eigenvalue weighted by atomic mass is 16.5. The standard InChI is InChI=1S/C18H22N2O4/c1-13(16(21)20-18(12-19)10-4-3-5-11-18)24-15-8-6-14(7-9-15)17(22)23-2/h6-9,13H,3-5,10-11H2,1-2H3,(H,20,21)/t13-/m1/s1. The SMILES string of the molecule is COC(=O)c1ccc(O[C@H](C)C(=O)NC2(C#N)CCCCC2)cc1. The highest BCUT2D eigenvalue weighted by Crippen LogP contribution is 2.27. The van der Waals surface area contributed by atoms with E-state index in [4.69, 9.17) is 4.74 Å². The summed E-state index contributed by atoms with van der Waals surface area (Å²) in [7, 11) is 1.31. The Bertz CT molecular complexity index is 627. The molecule has 1 aliphatic rings. The van der Waals surface area contributed by atoms with Crippen molar-refractivity contribution >= 4 is 11.9 Å². The van der Waals surface area contributed by atoms with Gasteiger partial charge in [-0.15, -0.1) is 0 Å². The summed E-state index contributed by atoms with van der Waals surface area (Å²) in [6, 6.07) is 8.62. The Balaban J connectivity index is 1.96. The van der Waals surface area contributed by atoms with E-state index >= 15 is 0 Å². The van der Waals surface area contributed by atoms with Gasteiger partial charge < -0.3 is 14.8 Å². The molecule has 1 aliphatic carbocycles. The van der Waals surface area contributed by atoms with Gasteiger partial charge in [0.15, 0.2) is 6.10 Å². The fourth-order valence-electron chi connectivity index (χ4n) is 2.80. The van der Waals surface area contributed by atoms with Crippen molar-refractivity contribution < 1.29 is 19.1 Å². The highest BCUT2D eigenvalue weighted by molar-refractivity contribution is 5.89. The van der Waals surface area contributed by atoms with E-state index in [1.807, 2.05) is 0 Å². The summed E-state index contributed by atoms with van der Waals surface area (Å²) >= 11 is 0. The molecule has 128 valence electrons. The first-order valence-corrected chi connectivity index (χ1v) is 8.08. The van der Waals surface area contributed by atoms with Gasteiger partial charge in [0.1, 0.15) is 11.3 Å². The second-order valence-corrected chi connectivity index (χ2v) is 6.02. The Kier molecular flexibility index (Phi) is 5.80. The van der Waals surface area contributed by atoms with Crippen LogP contribution in [0.4, 0.5) is 0 Å². The van der Waals surface area contributed by atoms with Gasteiger partial charge in [-0.25, -0.2) is 4.79 Å². The number of nitrogens with one attached hydrogen (secondary N) is 1. The first-order valence-electron chi connectivity index (χ1n) is 8.08. The van der Waals surface area contributed by atoms with Crippen LogP contribution in [0.2, 0.25) is 0 Å². The lowest BCUT2D eigenvalue weighted by Crippen LogP contribution is -2.52. The number of hydrogen-bond acceptors (Lipinski definition) is 5. The quantitative estimate of drug-likeness (QED) is 0.838. The monoisotopic (exact) mass is 330 g/mol. The van der Waals surface area contributed by atoms with Gasteiger partial charge in [0, 0.05) is 0 Å². The molecule has 1 saturated carbocycles. The molecule has 0 bridgehead atoms. The maximum absolute atomic E-state index is 12.3. The molecule has 1 fully saturated rings. The number of methoxy groups -OCH3 is 1. The zero-order valence-electron chi connectivity index (χ0n) is 14.0. The van der Waals surface area contributed by atoms with Crippen molar-refractivity contribution in [3.63, 3.8) is 0 Å². The molecule has 0 radical (unpaired) electrons. The molecule has 0 unspecified atom stereocenters. The van der Waals surface area contributed by atoms with Crippen molar-refractivity contribution in [3.05, 3.63) is 29.8 Å². The molecule has 1 aromatic carbocycles. The fraction of sp³-hybridized carbons (Fsp3) is 0.500. The summed E-state index contributed by atoms with van der Waals surface area (Å²) in [6.45, 7) is 1.64. The lowest BCUT2D eigenvalue weighted by Gasteiger charge is -2.32. The van der Waals surface area contributed by atoms with E-state index in [0.717, 1.165) is 19.3 Å². The Morgan fingerprint density at radius 2 is 1.83 bits per heavy atom. The molecule has 6 heteroatoms. The van der Waals surface area contributed by atoms with Gasteiger partial charge >= 0.3 is 5.97 Å². The molecular weight excluding hydrogens is 308 g/mol. The average molecular weight is 330 g/mol. The molecule has 1 atom stereocenters. The van der Waals surface area contributed by atoms with E-state index < -0.39 is 17.6 Å². The third-order valence-electron chi connectivity index (χ3n) is 4.24. The second-order valence-electron chi connectivity index (χ2n) is 6.02. The van der Waals surface area contributed by atoms with Crippen LogP contribution in [0.25, 0.3) is 0 Å². The molecule has 2 rings (SSSR count). The molecule has 0 heterocycles. The molecule has 6 nitrogen and oxygen atoms in total. The van der Waals surface area contributed by atoms with Gasteiger partial charge in [0.2, 0.25) is 0 Å². The number of rotatable bonds is 5. The molecule has 1 amide bonds. The maximum atomic E-state index is 12.3. The van der Waals surface area contributed by atoms with Gasteiger partial charge in [0.05, 0.1) is 18.7 Å². The third kappa shape index (κ3) is 4.25. The van der Waals surface area contributed by atoms with E-state index in [-0.39, 0.29) is 5.91 Å². The van der Waals surface area contributed by atoms with Crippen molar-refractivity contribution in [2.24, 2.45) is 0 Å². The Labute approximate surface area is 141 Å². The normalized spacial score (nSPS) is 17.2. The van der Waals surface area contributed by atoms with Crippen LogP contribution in [0, 0.1) is 11.3 Å². The minimum Gasteiger partial charge on any atom is -0.481 e. The van der Waals surface area contributed by atoms with Crippen molar-refractivity contribution in [1.29, 1.82) is 5.26 Å². The summed E-state index contributed by atoms with van der Waals surface area (Å²) in [4.78, 5) is 23.7. The van der Waals surface area contributed by atoms with Gasteiger partial charge in [-0.2, -0.15) is 5.26 Å². The van der Waals surface area contributed by atoms with E-state index in [1.165, 1.54) is 7.11 Å². The van der Waals surface area contributed by atoms with Gasteiger partial charge in [-0.3, -0.25) is 4.79 Å². The number of hydrogen-bond donors (Lipinski definition) is 1. The molecule has 0 spiro atoms. The predicted molar refractivity (Wildman–Crippen MR) is 87.4 cm³/mol. The Morgan fingerprint density at radius 1 is 1.21 bits per heavy atom. The Hall–Kier alpha value is -2.55. The number of nitriles is 1. The van der Waals surface area contributed by atoms with E-state index in [0.29, 0.717) is 24.2 Å². The topological polar surface area (TPSA) is 88.4 Å². The van der Waals surface area contributed by atoms with Gasteiger partial charge in [0.25, 0.3) is 5.91 Å². The van der Waals surface area contributed by atoms with E-state index in [1.54, 1.807) is 31.2 Å². The molecular formula is C18H22N2O4. The number of carbonyl (C=O) groups excluding carboxylic acids is 2. The van der Waals surface area contributed by atoms with Crippen molar-refractivity contribution in [2.45, 2.75) is 50.7 Å². The average Bonchev–Trinajstić information content (AvgIpc) is 2.62. The predicted octanol–water partition coefficient (Wildman–Crippen LogP) is 2.58. The van der Waals surface area contributed by atoms with E-state index in [2.05, 4.69) is 16.1 Å². The van der Waals surface area contributed by atoms with Crippen LogP contribution in [-0.4, -0.2) is 30.6 Å². The first-order chi connectivity index (χ1) is 11.5. The number of ether oxygens (including phenoxy) is 2. The zero-order chi connectivity index (χ0) is 17.6. The number of benzene rings is 1. The van der Waals surface area contributed by atoms with Crippen LogP contribution in [0.3, 0.4) is 0 Å². The molecule has 0 aliphatic heterocycles. The van der Waals surface area contributed by atoms with Crippen LogP contribution in [-0.2, 0) is 9.53 Å². The van der Waals surface area contributed by atoms with Crippen molar-refractivity contribution in [1.82, 2.24) is 5.32 Å². The summed E-state index contributed by atoms with van der Waals surface area (Å²) in [5.41, 5.74) is -0.366. The van der Waals surface area contributed by atoms with Gasteiger partial charge in [-0.05, 0) is 44.0 Å². The minimum absolute atomic E-state index is 0.310. The number of amides is 1. The summed E-state index contributed by atoms with van der Waals surface area (Å²) in [5.74, 6) is -0.268. The molecule has 24 heavy (non-hydrogen) atoms. The van der Waals surface area contributed by atoms with Crippen LogP contribution in [0.5, 0.6) is 5.75 Å². The van der Waals surface area contributed by atoms with Crippen LogP contribution in [0.15, 0.2) is 24.3 Å². The Morgan fingerprint density at radius 3 is 2.38 bits per heavy atom. The number of carbonyl (C=O) groups is 2. The largest absolute Gasteiger partial charge is 0.481 e. The summed E-state index contributed by atoms with van der Waals surface area (Å²) in [6.07, 6.45) is 3.60. The number of esters is 1. The summed E-state index contributed by atoms with van der Waals surface area (Å²) in [5, 5.41) is 12.3. The van der Waals surface area contributed by atoms with Gasteiger partial charge in [-0.1, -0.05) is 19.3 Å². The number of nitrogens with zero attached hydrogens (tertiary/aromatic N) is 1. The maximum Gasteiger partial charge on any atom is 0.337 e. The lowest BCUT2D eigenvalue weighted by atomic mass is 9.83. The molecule has 1 N–H and O–H groups in total. The van der Waals surface area contributed by atoms with E-state index in [9.17, 15) is 14.9 Å². The van der Waals surface area contributed by atoms with Crippen molar-refractivity contribution in [2.75, 3.05) is 7.11 Å². The molecule has 1 aromatic rings. The lowest BCUT2D eigenvalue weighted by molar-refractivity contribution is -0.129. The van der Waals surface area contributed by atoms with Crippen LogP contribution < -0.4 is 10.1 Å². The second kappa shape index (κ2) is 7.82. The minimum atomic E-state index is -0.776. The molecule has 0 aromatic heterocycles. The van der Waals surface area contributed by atoms with Crippen molar-refractivity contribution in [3.8, 4) is 11.8 Å². The summed E-state index contributed by atoms with van der Waals surface area (Å²) < 4.78 is 10.2.